The van der Waals surface area contributed by atoms with E-state index in [1.54, 1.807) is 0 Å². The molecule has 2 aliphatic carbocycles. The number of likely N-dealkylation sites (N-methyl/N-ethyl adjacent to an activating group) is 2. The Morgan fingerprint density at radius 1 is 0.697 bits per heavy atom. The van der Waals surface area contributed by atoms with Crippen LogP contribution in [0.25, 0.3) is 0 Å². The van der Waals surface area contributed by atoms with Gasteiger partial charge in [-0.1, -0.05) is 18.2 Å². The minimum Gasteiger partial charge on any atom is -0.354 e. The fourth-order valence-corrected chi connectivity index (χ4v) is 12.4. The van der Waals surface area contributed by atoms with Crippen LogP contribution in [-0.2, 0) is 29.0 Å². The van der Waals surface area contributed by atoms with Gasteiger partial charge in [0.25, 0.3) is 0 Å². The van der Waals surface area contributed by atoms with Gasteiger partial charge in [-0.05, 0) is 127 Å². The number of anilines is 1. The second-order valence-corrected chi connectivity index (χ2v) is 20.3. The van der Waals surface area contributed by atoms with Crippen LogP contribution in [0.2, 0.25) is 0 Å². The molecule has 15 nitrogen and oxygen atoms in total. The third-order valence-electron chi connectivity index (χ3n) is 16.0. The van der Waals surface area contributed by atoms with Crippen molar-refractivity contribution in [1.29, 1.82) is 0 Å². The number of hydrogen-bond donors (Lipinski definition) is 2. The molecule has 66 heavy (non-hydrogen) atoms. The van der Waals surface area contributed by atoms with E-state index < -0.39 is 0 Å². The van der Waals surface area contributed by atoms with Crippen molar-refractivity contribution in [3.05, 3.63) is 83.1 Å². The van der Waals surface area contributed by atoms with Gasteiger partial charge < -0.3 is 30.2 Å². The van der Waals surface area contributed by atoms with Crippen LogP contribution in [0, 0.1) is 11.8 Å². The number of piperidine rings is 2. The molecule has 0 bridgehead atoms. The van der Waals surface area contributed by atoms with Crippen molar-refractivity contribution in [3.8, 4) is 0 Å². The van der Waals surface area contributed by atoms with Crippen LogP contribution in [0.15, 0.2) is 59.9 Å². The Hall–Kier alpha value is -4.70. The number of nitrogens with zero attached hydrogens (tertiary/aromatic N) is 11. The summed E-state index contributed by atoms with van der Waals surface area (Å²) in [7, 11) is 4.47. The molecule has 15 heteroatoms. The topological polar surface area (TPSA) is 132 Å². The first-order valence-electron chi connectivity index (χ1n) is 25.4. The van der Waals surface area contributed by atoms with E-state index in [2.05, 4.69) is 106 Å². The molecule has 0 aromatic carbocycles. The minimum atomic E-state index is 0.0486. The Morgan fingerprint density at radius 3 is 2.02 bits per heavy atom. The quantitative estimate of drug-likeness (QED) is 0.292. The largest absolute Gasteiger partial charge is 0.354 e. The van der Waals surface area contributed by atoms with Crippen LogP contribution in [0.3, 0.4) is 0 Å². The summed E-state index contributed by atoms with van der Waals surface area (Å²) in [5.41, 5.74) is 6.25. The highest BCUT2D eigenvalue weighted by molar-refractivity contribution is 5.83. The summed E-state index contributed by atoms with van der Waals surface area (Å²) in [5, 5.41) is 7.13. The summed E-state index contributed by atoms with van der Waals surface area (Å²) in [6, 6.07) is 16.0. The van der Waals surface area contributed by atoms with E-state index in [1.165, 1.54) is 28.9 Å². The number of amides is 2. The number of hydrogen-bond acceptors (Lipinski definition) is 13. The van der Waals surface area contributed by atoms with Gasteiger partial charge in [-0.25, -0.2) is 4.98 Å². The van der Waals surface area contributed by atoms with Crippen LogP contribution in [-0.4, -0.2) is 180 Å². The van der Waals surface area contributed by atoms with Gasteiger partial charge in [0.2, 0.25) is 11.8 Å². The van der Waals surface area contributed by atoms with E-state index >= 15 is 0 Å². The molecule has 8 heterocycles. The summed E-state index contributed by atoms with van der Waals surface area (Å²) in [6.45, 7) is 12.3. The second-order valence-electron chi connectivity index (χ2n) is 20.3. The minimum absolute atomic E-state index is 0.0486. The zero-order valence-corrected chi connectivity index (χ0v) is 39.6. The lowest BCUT2D eigenvalue weighted by molar-refractivity contribution is -0.139. The Labute approximate surface area is 392 Å². The van der Waals surface area contributed by atoms with Crippen LogP contribution < -0.4 is 15.5 Å². The first-order valence-corrected chi connectivity index (χ1v) is 25.4. The molecule has 10 rings (SSSR count). The number of rotatable bonds is 11. The van der Waals surface area contributed by atoms with Crippen LogP contribution in [0.4, 0.5) is 5.82 Å². The third-order valence-corrected chi connectivity index (χ3v) is 16.0. The van der Waals surface area contributed by atoms with Crippen molar-refractivity contribution in [2.45, 2.75) is 94.9 Å². The van der Waals surface area contributed by atoms with Crippen molar-refractivity contribution < 1.29 is 9.59 Å². The summed E-state index contributed by atoms with van der Waals surface area (Å²) in [5.74, 6) is 2.75. The number of aliphatic imine (C=N–C) groups is 1. The van der Waals surface area contributed by atoms with Crippen LogP contribution in [0.1, 0.15) is 91.7 Å². The number of piperazine rings is 2. The lowest BCUT2D eigenvalue weighted by Gasteiger charge is -2.46. The van der Waals surface area contributed by atoms with Crippen molar-refractivity contribution in [2.75, 3.05) is 111 Å². The standard InChI is InChI=1S/C51H73N13O2/c1-58(44-13-3-8-37-10-6-20-53-47(37)44)32-42-34-62(29-24-52-42)49(65)39-16-25-60(26-17-39)33-41-12-5-15-46(57-41)64-31-30-63(50(66)40-18-27-61(28-19-40)51-55-22-23-56-51)36-43(64)35-59(2)45-14-4-9-38-11-7-21-54-48(38)45/h5-7,10-12,15,20-21,39-40,42-45,52H,3-4,8-9,13-14,16-19,22-36H2,1-2H3,(H,55,56). The fraction of sp³-hybridized carbons (Fsp3) is 0.647. The van der Waals surface area contributed by atoms with Gasteiger partial charge in [0, 0.05) is 109 Å². The second kappa shape index (κ2) is 20.7. The molecule has 354 valence electrons. The summed E-state index contributed by atoms with van der Waals surface area (Å²) in [6.07, 6.45) is 14.1. The fourth-order valence-electron chi connectivity index (χ4n) is 12.4. The number of nitrogens with one attached hydrogen (secondary N) is 2. The number of guanidine groups is 1. The SMILES string of the molecule is CN(CC1CN(C(=O)C2CCN(Cc3cccc(N4CCN(C(=O)C5CCN(C6=NCCN6)CC5)CC4CN(C)C4CCCc5cccnc54)n3)CC2)CCN1)C1CCCc2cccnc21. The Balaban J connectivity index is 0.754. The molecular formula is C51H73N13O2. The number of pyridine rings is 3. The maximum atomic E-state index is 14.3. The van der Waals surface area contributed by atoms with Gasteiger partial charge in [-0.3, -0.25) is 39.2 Å². The van der Waals surface area contributed by atoms with E-state index in [1.807, 2.05) is 12.4 Å². The molecule has 0 saturated carbocycles. The van der Waals surface area contributed by atoms with Crippen LogP contribution in [0.5, 0.6) is 0 Å². The normalized spacial score (nSPS) is 25.7. The molecule has 2 amide bonds. The number of aryl methyl sites for hydroxylation is 2. The summed E-state index contributed by atoms with van der Waals surface area (Å²) >= 11 is 0. The average molecular weight is 900 g/mol. The average Bonchev–Trinajstić information content (AvgIpc) is 3.92. The molecule has 7 aliphatic rings. The van der Waals surface area contributed by atoms with Gasteiger partial charge in [0.1, 0.15) is 5.82 Å². The molecule has 4 saturated heterocycles. The maximum absolute atomic E-state index is 14.3. The lowest BCUT2D eigenvalue weighted by Crippen LogP contribution is -2.60. The van der Waals surface area contributed by atoms with Crippen molar-refractivity contribution in [1.82, 2.24) is 55.0 Å². The molecule has 3 aromatic rings. The zero-order valence-electron chi connectivity index (χ0n) is 39.6. The Bertz CT molecular complexity index is 2170. The van der Waals surface area contributed by atoms with Gasteiger partial charge in [0.05, 0.1) is 41.8 Å². The zero-order chi connectivity index (χ0) is 45.0. The highest BCUT2D eigenvalue weighted by atomic mass is 16.2. The first-order chi connectivity index (χ1) is 32.3. The maximum Gasteiger partial charge on any atom is 0.225 e. The molecule has 5 aliphatic heterocycles. The number of carbonyl (C=O) groups excluding carboxylic acids is 2. The van der Waals surface area contributed by atoms with Gasteiger partial charge in [-0.2, -0.15) is 0 Å². The lowest BCUT2D eigenvalue weighted by atomic mass is 9.90. The van der Waals surface area contributed by atoms with E-state index in [0.717, 1.165) is 160 Å². The predicted molar refractivity (Wildman–Crippen MR) is 258 cm³/mol. The van der Waals surface area contributed by atoms with E-state index in [-0.39, 0.29) is 30.0 Å². The van der Waals surface area contributed by atoms with Crippen molar-refractivity contribution in [2.24, 2.45) is 16.8 Å². The summed E-state index contributed by atoms with van der Waals surface area (Å²) in [4.78, 5) is 64.5. The van der Waals surface area contributed by atoms with E-state index in [4.69, 9.17) is 15.0 Å². The molecule has 0 spiro atoms. The number of aromatic nitrogens is 3. The Kier molecular flexibility index (Phi) is 14.1. The Morgan fingerprint density at radius 2 is 1.35 bits per heavy atom. The molecular weight excluding hydrogens is 827 g/mol. The summed E-state index contributed by atoms with van der Waals surface area (Å²) < 4.78 is 0. The van der Waals surface area contributed by atoms with E-state index in [9.17, 15) is 9.59 Å². The molecule has 3 aromatic heterocycles. The smallest absolute Gasteiger partial charge is 0.225 e. The highest BCUT2D eigenvalue weighted by Crippen LogP contribution is 2.35. The van der Waals surface area contributed by atoms with Crippen molar-refractivity contribution in [3.63, 3.8) is 0 Å². The predicted octanol–water partition coefficient (Wildman–Crippen LogP) is 3.59. The molecule has 2 N–H and O–H groups in total. The van der Waals surface area contributed by atoms with Gasteiger partial charge >= 0.3 is 0 Å². The monoisotopic (exact) mass is 900 g/mol. The van der Waals surface area contributed by atoms with E-state index in [0.29, 0.717) is 30.9 Å². The van der Waals surface area contributed by atoms with Gasteiger partial charge in [-0.15, -0.1) is 0 Å². The van der Waals surface area contributed by atoms with Gasteiger partial charge in [0.15, 0.2) is 5.96 Å². The molecule has 4 atom stereocenters. The number of carbonyl (C=O) groups is 2. The molecule has 4 unspecified atom stereocenters. The van der Waals surface area contributed by atoms with Crippen molar-refractivity contribution >= 4 is 23.6 Å². The molecule has 4 fully saturated rings. The van der Waals surface area contributed by atoms with Crippen LogP contribution >= 0.6 is 0 Å². The number of likely N-dealkylation sites (tertiary alicyclic amines) is 2. The third kappa shape index (κ3) is 10.1. The number of fused-ring (bicyclic) bond motifs is 2. The first kappa shape index (κ1) is 45.1. The highest BCUT2D eigenvalue weighted by Gasteiger charge is 2.38. The molecule has 0 radical (unpaired) electrons.